The summed E-state index contributed by atoms with van der Waals surface area (Å²) in [6.07, 6.45) is 0.446. The molecule has 0 spiro atoms. The van der Waals surface area contributed by atoms with E-state index >= 15 is 0 Å². The second-order valence-electron chi connectivity index (χ2n) is 5.28. The van der Waals surface area contributed by atoms with Gasteiger partial charge in [0.15, 0.2) is 0 Å². The smallest absolute Gasteiger partial charge is 0.240 e. The molecule has 0 unspecified atom stereocenters. The van der Waals surface area contributed by atoms with Gasteiger partial charge in [0.25, 0.3) is 0 Å². The molecule has 0 saturated carbocycles. The summed E-state index contributed by atoms with van der Waals surface area (Å²) in [5.41, 5.74) is 1.36. The Labute approximate surface area is 141 Å². The van der Waals surface area contributed by atoms with Crippen molar-refractivity contribution in [2.45, 2.75) is 18.2 Å². The molecular weight excluding hydrogens is 333 g/mol. The van der Waals surface area contributed by atoms with E-state index in [0.717, 1.165) is 11.6 Å². The van der Waals surface area contributed by atoms with E-state index < -0.39 is 15.8 Å². The van der Waals surface area contributed by atoms with Gasteiger partial charge in [0.1, 0.15) is 17.3 Å². The Morgan fingerprint density at radius 3 is 2.25 bits per heavy atom. The molecule has 7 heteroatoms. The zero-order valence-electron chi connectivity index (χ0n) is 13.8. The van der Waals surface area contributed by atoms with Crippen molar-refractivity contribution >= 4 is 10.0 Å². The summed E-state index contributed by atoms with van der Waals surface area (Å²) in [5, 5.41) is 0. The van der Waals surface area contributed by atoms with E-state index in [-0.39, 0.29) is 11.4 Å². The van der Waals surface area contributed by atoms with Crippen LogP contribution < -0.4 is 14.2 Å². The average molecular weight is 353 g/mol. The molecule has 0 aliphatic carbocycles. The van der Waals surface area contributed by atoms with Gasteiger partial charge in [0.2, 0.25) is 10.0 Å². The summed E-state index contributed by atoms with van der Waals surface area (Å²) in [6.45, 7) is 1.80. The molecule has 0 heterocycles. The normalized spacial score (nSPS) is 11.3. The number of hydrogen-bond acceptors (Lipinski definition) is 4. The molecular formula is C17H20FNO4S. The van der Waals surface area contributed by atoms with Crippen LogP contribution in [0.3, 0.4) is 0 Å². The number of methoxy groups -OCH3 is 2. The zero-order valence-corrected chi connectivity index (χ0v) is 14.6. The van der Waals surface area contributed by atoms with Crippen molar-refractivity contribution in [2.24, 2.45) is 0 Å². The number of nitrogens with one attached hydrogen (secondary N) is 1. The number of rotatable bonds is 7. The third-order valence-corrected chi connectivity index (χ3v) is 5.16. The minimum absolute atomic E-state index is 0.0503. The quantitative estimate of drug-likeness (QED) is 0.831. The molecule has 0 radical (unpaired) electrons. The van der Waals surface area contributed by atoms with E-state index in [0.29, 0.717) is 23.5 Å². The average Bonchev–Trinajstić information content (AvgIpc) is 2.56. The molecule has 1 N–H and O–H groups in total. The van der Waals surface area contributed by atoms with Crippen molar-refractivity contribution in [1.29, 1.82) is 0 Å². The molecule has 2 rings (SSSR count). The van der Waals surface area contributed by atoms with Crippen LogP contribution in [0, 0.1) is 12.7 Å². The highest BCUT2D eigenvalue weighted by molar-refractivity contribution is 7.89. The number of sulfonamides is 1. The van der Waals surface area contributed by atoms with Crippen LogP contribution in [-0.4, -0.2) is 29.2 Å². The molecule has 0 atom stereocenters. The summed E-state index contributed by atoms with van der Waals surface area (Å²) in [6, 6.07) is 9.05. The maximum atomic E-state index is 13.3. The first-order valence-electron chi connectivity index (χ1n) is 7.33. The summed E-state index contributed by atoms with van der Waals surface area (Å²) in [5.74, 6) is 0.680. The van der Waals surface area contributed by atoms with Crippen molar-refractivity contribution in [1.82, 2.24) is 4.72 Å². The molecule has 24 heavy (non-hydrogen) atoms. The largest absolute Gasteiger partial charge is 0.497 e. The Morgan fingerprint density at radius 2 is 1.67 bits per heavy atom. The third-order valence-electron chi connectivity index (χ3n) is 3.56. The summed E-state index contributed by atoms with van der Waals surface area (Å²) >= 11 is 0. The maximum Gasteiger partial charge on any atom is 0.240 e. The van der Waals surface area contributed by atoms with Crippen LogP contribution in [0.25, 0.3) is 0 Å². The van der Waals surface area contributed by atoms with Gasteiger partial charge in [-0.2, -0.15) is 0 Å². The zero-order chi connectivity index (χ0) is 17.7. The van der Waals surface area contributed by atoms with Crippen LogP contribution in [0.4, 0.5) is 4.39 Å². The predicted octanol–water partition coefficient (Wildman–Crippen LogP) is 2.67. The van der Waals surface area contributed by atoms with Crippen molar-refractivity contribution < 1.29 is 22.3 Å². The summed E-state index contributed by atoms with van der Waals surface area (Å²) in [4.78, 5) is -0.0503. The Kier molecular flexibility index (Phi) is 5.80. The van der Waals surface area contributed by atoms with Gasteiger partial charge in [0.05, 0.1) is 19.1 Å². The van der Waals surface area contributed by atoms with E-state index in [1.807, 2.05) is 12.1 Å². The fraction of sp³-hybridized carbons (Fsp3) is 0.294. The molecule has 0 saturated heterocycles. The first kappa shape index (κ1) is 18.2. The molecule has 0 aliphatic heterocycles. The fourth-order valence-electron chi connectivity index (χ4n) is 2.28. The molecule has 0 fully saturated rings. The van der Waals surface area contributed by atoms with Crippen LogP contribution in [-0.2, 0) is 16.4 Å². The first-order valence-corrected chi connectivity index (χ1v) is 8.82. The van der Waals surface area contributed by atoms with E-state index in [1.54, 1.807) is 27.2 Å². The van der Waals surface area contributed by atoms with E-state index in [1.165, 1.54) is 12.1 Å². The number of halogens is 1. The monoisotopic (exact) mass is 353 g/mol. The SMILES string of the molecule is COc1cc(CCNS(=O)(=O)c2cc(F)ccc2C)cc(OC)c1. The Bertz CT molecular complexity index is 799. The standard InChI is InChI=1S/C17H20FNO4S/c1-12-4-5-14(18)10-17(12)24(20,21)19-7-6-13-8-15(22-2)11-16(9-13)23-3/h4-5,8-11,19H,6-7H2,1-3H3. The van der Waals surface area contributed by atoms with Crippen molar-refractivity contribution in [2.75, 3.05) is 20.8 Å². The van der Waals surface area contributed by atoms with Gasteiger partial charge in [-0.25, -0.2) is 17.5 Å². The lowest BCUT2D eigenvalue weighted by Crippen LogP contribution is -2.26. The Morgan fingerprint density at radius 1 is 1.04 bits per heavy atom. The van der Waals surface area contributed by atoms with Crippen molar-refractivity contribution in [3.05, 3.63) is 53.3 Å². The van der Waals surface area contributed by atoms with Gasteiger partial charge in [0, 0.05) is 12.6 Å². The molecule has 0 amide bonds. The molecule has 130 valence electrons. The molecule has 0 aliphatic rings. The van der Waals surface area contributed by atoms with Crippen LogP contribution in [0.1, 0.15) is 11.1 Å². The minimum atomic E-state index is -3.77. The molecule has 0 aromatic heterocycles. The van der Waals surface area contributed by atoms with Crippen molar-refractivity contribution in [3.8, 4) is 11.5 Å². The Balaban J connectivity index is 2.09. The minimum Gasteiger partial charge on any atom is -0.497 e. The van der Waals surface area contributed by atoms with E-state index in [9.17, 15) is 12.8 Å². The number of benzene rings is 2. The van der Waals surface area contributed by atoms with Crippen LogP contribution in [0.2, 0.25) is 0 Å². The molecule has 2 aromatic rings. The first-order chi connectivity index (χ1) is 11.4. The van der Waals surface area contributed by atoms with Crippen LogP contribution in [0.5, 0.6) is 11.5 Å². The van der Waals surface area contributed by atoms with Gasteiger partial charge in [-0.05, 0) is 48.7 Å². The molecule has 0 bridgehead atoms. The van der Waals surface area contributed by atoms with Gasteiger partial charge in [-0.3, -0.25) is 0 Å². The van der Waals surface area contributed by atoms with E-state index in [4.69, 9.17) is 9.47 Å². The maximum absolute atomic E-state index is 13.3. The number of hydrogen-bond donors (Lipinski definition) is 1. The highest BCUT2D eigenvalue weighted by Crippen LogP contribution is 2.23. The van der Waals surface area contributed by atoms with Gasteiger partial charge in [-0.15, -0.1) is 0 Å². The van der Waals surface area contributed by atoms with Crippen LogP contribution >= 0.6 is 0 Å². The number of ether oxygens (including phenoxy) is 2. The predicted molar refractivity (Wildman–Crippen MR) is 89.6 cm³/mol. The van der Waals surface area contributed by atoms with Gasteiger partial charge < -0.3 is 9.47 Å². The lowest BCUT2D eigenvalue weighted by Gasteiger charge is -2.11. The fourth-order valence-corrected chi connectivity index (χ4v) is 3.57. The lowest BCUT2D eigenvalue weighted by atomic mass is 10.1. The Hall–Kier alpha value is -2.12. The van der Waals surface area contributed by atoms with Gasteiger partial charge >= 0.3 is 0 Å². The topological polar surface area (TPSA) is 64.6 Å². The second kappa shape index (κ2) is 7.63. The van der Waals surface area contributed by atoms with E-state index in [2.05, 4.69) is 4.72 Å². The number of aryl methyl sites for hydroxylation is 1. The summed E-state index contributed by atoms with van der Waals surface area (Å²) < 4.78 is 50.8. The second-order valence-corrected chi connectivity index (χ2v) is 7.01. The van der Waals surface area contributed by atoms with Crippen LogP contribution in [0.15, 0.2) is 41.3 Å². The third kappa shape index (κ3) is 4.46. The lowest BCUT2D eigenvalue weighted by molar-refractivity contribution is 0.393. The highest BCUT2D eigenvalue weighted by Gasteiger charge is 2.17. The van der Waals surface area contributed by atoms with Crippen molar-refractivity contribution in [3.63, 3.8) is 0 Å². The molecule has 5 nitrogen and oxygen atoms in total. The van der Waals surface area contributed by atoms with Gasteiger partial charge in [-0.1, -0.05) is 6.07 Å². The summed E-state index contributed by atoms with van der Waals surface area (Å²) in [7, 11) is -0.668. The molecule has 2 aromatic carbocycles. The highest BCUT2D eigenvalue weighted by atomic mass is 32.2.